The van der Waals surface area contributed by atoms with Crippen molar-refractivity contribution in [3.05, 3.63) is 28.2 Å². The zero-order chi connectivity index (χ0) is 11.3. The zero-order valence-electron chi connectivity index (χ0n) is 8.66. The summed E-state index contributed by atoms with van der Waals surface area (Å²) in [5.41, 5.74) is 0.932. The van der Waals surface area contributed by atoms with E-state index in [4.69, 9.17) is 14.6 Å². The Hall–Kier alpha value is -1.00. The Morgan fingerprint density at radius 3 is 2.40 bits per heavy atom. The van der Waals surface area contributed by atoms with Crippen LogP contribution in [-0.4, -0.2) is 25.9 Å². The molecular formula is C11H13BrO3. The summed E-state index contributed by atoms with van der Waals surface area (Å²) in [6, 6.07) is 3.67. The van der Waals surface area contributed by atoms with E-state index in [1.54, 1.807) is 20.3 Å². The van der Waals surface area contributed by atoms with Crippen LogP contribution in [0.15, 0.2) is 22.7 Å². The molecule has 4 heteroatoms. The van der Waals surface area contributed by atoms with Crippen molar-refractivity contribution in [2.24, 2.45) is 0 Å². The van der Waals surface area contributed by atoms with E-state index in [1.807, 2.05) is 18.2 Å². The number of aliphatic hydroxyl groups excluding tert-OH is 1. The van der Waals surface area contributed by atoms with Gasteiger partial charge in [-0.2, -0.15) is 0 Å². The second-order valence-electron chi connectivity index (χ2n) is 2.81. The molecule has 0 aliphatic carbocycles. The van der Waals surface area contributed by atoms with Gasteiger partial charge in [0.2, 0.25) is 0 Å². The number of halogens is 1. The van der Waals surface area contributed by atoms with Crippen LogP contribution in [0.2, 0.25) is 0 Å². The lowest BCUT2D eigenvalue weighted by Crippen LogP contribution is -1.91. The minimum Gasteiger partial charge on any atom is -0.493 e. The van der Waals surface area contributed by atoms with Gasteiger partial charge in [0.25, 0.3) is 0 Å². The van der Waals surface area contributed by atoms with Gasteiger partial charge in [0.05, 0.1) is 20.8 Å². The van der Waals surface area contributed by atoms with Crippen molar-refractivity contribution >= 4 is 22.0 Å². The molecule has 0 saturated heterocycles. The van der Waals surface area contributed by atoms with Gasteiger partial charge in [0.15, 0.2) is 11.5 Å². The van der Waals surface area contributed by atoms with E-state index in [-0.39, 0.29) is 6.61 Å². The molecule has 1 rings (SSSR count). The number of ether oxygens (including phenoxy) is 2. The highest BCUT2D eigenvalue weighted by Crippen LogP contribution is 2.33. The van der Waals surface area contributed by atoms with Crippen LogP contribution in [0.25, 0.3) is 6.08 Å². The van der Waals surface area contributed by atoms with Crippen LogP contribution in [0.5, 0.6) is 11.5 Å². The highest BCUT2D eigenvalue weighted by atomic mass is 79.9. The molecule has 0 spiro atoms. The van der Waals surface area contributed by atoms with Crippen LogP contribution in [0, 0.1) is 0 Å². The smallest absolute Gasteiger partial charge is 0.161 e. The molecule has 3 nitrogen and oxygen atoms in total. The first-order chi connectivity index (χ1) is 7.22. The lowest BCUT2D eigenvalue weighted by Gasteiger charge is -2.09. The lowest BCUT2D eigenvalue weighted by atomic mass is 10.2. The van der Waals surface area contributed by atoms with Crippen LogP contribution >= 0.6 is 15.9 Å². The number of hydrogen-bond acceptors (Lipinski definition) is 3. The maximum absolute atomic E-state index is 8.69. The quantitative estimate of drug-likeness (QED) is 0.915. The fourth-order valence-electron chi connectivity index (χ4n) is 1.18. The van der Waals surface area contributed by atoms with Gasteiger partial charge in [-0.25, -0.2) is 0 Å². The van der Waals surface area contributed by atoms with Crippen LogP contribution in [-0.2, 0) is 0 Å². The molecule has 15 heavy (non-hydrogen) atoms. The van der Waals surface area contributed by atoms with Gasteiger partial charge in [-0.1, -0.05) is 28.1 Å². The molecule has 1 aromatic rings. The highest BCUT2D eigenvalue weighted by Gasteiger charge is 2.07. The molecule has 0 amide bonds. The SMILES string of the molecule is COc1cc(Br)c(C=CCO)cc1OC. The molecule has 0 radical (unpaired) electrons. The van der Waals surface area contributed by atoms with Gasteiger partial charge >= 0.3 is 0 Å². The molecule has 0 aliphatic heterocycles. The van der Waals surface area contributed by atoms with E-state index in [2.05, 4.69) is 15.9 Å². The Morgan fingerprint density at radius 1 is 1.27 bits per heavy atom. The average Bonchev–Trinajstić information content (AvgIpc) is 2.27. The summed E-state index contributed by atoms with van der Waals surface area (Å²) >= 11 is 3.41. The molecule has 82 valence electrons. The fourth-order valence-corrected chi connectivity index (χ4v) is 1.63. The van der Waals surface area contributed by atoms with Crippen LogP contribution in [0.3, 0.4) is 0 Å². The first kappa shape index (κ1) is 12.1. The minimum atomic E-state index is 0.0147. The molecule has 0 unspecified atom stereocenters. The van der Waals surface area contributed by atoms with Crippen molar-refractivity contribution in [2.45, 2.75) is 0 Å². The number of hydrogen-bond donors (Lipinski definition) is 1. The normalized spacial score (nSPS) is 10.7. The van der Waals surface area contributed by atoms with Crippen molar-refractivity contribution in [1.82, 2.24) is 0 Å². The zero-order valence-corrected chi connectivity index (χ0v) is 10.2. The summed E-state index contributed by atoms with van der Waals surface area (Å²) < 4.78 is 11.2. The summed E-state index contributed by atoms with van der Waals surface area (Å²) in [5, 5.41) is 8.69. The third kappa shape index (κ3) is 2.97. The largest absolute Gasteiger partial charge is 0.493 e. The monoisotopic (exact) mass is 272 g/mol. The predicted molar refractivity (Wildman–Crippen MR) is 63.4 cm³/mol. The van der Waals surface area contributed by atoms with Crippen molar-refractivity contribution in [1.29, 1.82) is 0 Å². The molecule has 0 heterocycles. The topological polar surface area (TPSA) is 38.7 Å². The Labute approximate surface area is 97.5 Å². The molecule has 0 saturated carbocycles. The first-order valence-corrected chi connectivity index (χ1v) is 5.21. The van der Waals surface area contributed by atoms with E-state index in [9.17, 15) is 0 Å². The minimum absolute atomic E-state index is 0.0147. The summed E-state index contributed by atoms with van der Waals surface area (Å²) in [5.74, 6) is 1.34. The van der Waals surface area contributed by atoms with Crippen LogP contribution in [0.1, 0.15) is 5.56 Å². The van der Waals surface area contributed by atoms with Gasteiger partial charge in [0.1, 0.15) is 0 Å². The number of benzene rings is 1. The molecular weight excluding hydrogens is 260 g/mol. The van der Waals surface area contributed by atoms with Crippen molar-refractivity contribution in [2.75, 3.05) is 20.8 Å². The van der Waals surface area contributed by atoms with E-state index in [0.717, 1.165) is 10.0 Å². The van der Waals surface area contributed by atoms with Gasteiger partial charge in [-0.3, -0.25) is 0 Å². The Morgan fingerprint density at radius 2 is 1.87 bits per heavy atom. The van der Waals surface area contributed by atoms with Crippen LogP contribution in [0.4, 0.5) is 0 Å². The lowest BCUT2D eigenvalue weighted by molar-refractivity contribution is 0.343. The molecule has 1 N–H and O–H groups in total. The second kappa shape index (κ2) is 5.78. The van der Waals surface area contributed by atoms with Gasteiger partial charge in [-0.05, 0) is 17.7 Å². The van der Waals surface area contributed by atoms with Gasteiger partial charge < -0.3 is 14.6 Å². The van der Waals surface area contributed by atoms with Gasteiger partial charge in [0, 0.05) is 4.47 Å². The van der Waals surface area contributed by atoms with Crippen molar-refractivity contribution in [3.8, 4) is 11.5 Å². The Balaban J connectivity index is 3.13. The highest BCUT2D eigenvalue weighted by molar-refractivity contribution is 9.10. The second-order valence-corrected chi connectivity index (χ2v) is 3.67. The summed E-state index contributed by atoms with van der Waals surface area (Å²) in [4.78, 5) is 0. The number of aliphatic hydroxyl groups is 1. The van der Waals surface area contributed by atoms with E-state index >= 15 is 0 Å². The Bertz CT molecular complexity index is 361. The third-order valence-corrected chi connectivity index (χ3v) is 2.59. The maximum atomic E-state index is 8.69. The Kier molecular flexibility index (Phi) is 4.65. The molecule has 0 bridgehead atoms. The average molecular weight is 273 g/mol. The number of rotatable bonds is 4. The third-order valence-electron chi connectivity index (χ3n) is 1.91. The summed E-state index contributed by atoms with van der Waals surface area (Å²) in [6.45, 7) is 0.0147. The molecule has 0 fully saturated rings. The fraction of sp³-hybridized carbons (Fsp3) is 0.273. The standard InChI is InChI=1S/C11H13BrO3/c1-14-10-6-8(4-3-5-13)9(12)7-11(10)15-2/h3-4,6-7,13H,5H2,1-2H3. The van der Waals surface area contributed by atoms with E-state index in [1.165, 1.54) is 0 Å². The molecule has 0 aromatic heterocycles. The van der Waals surface area contributed by atoms with Crippen molar-refractivity contribution in [3.63, 3.8) is 0 Å². The maximum Gasteiger partial charge on any atom is 0.161 e. The number of methoxy groups -OCH3 is 2. The summed E-state index contributed by atoms with van der Waals surface area (Å²) in [7, 11) is 3.18. The predicted octanol–water partition coefficient (Wildman–Crippen LogP) is 2.47. The van der Waals surface area contributed by atoms with Crippen LogP contribution < -0.4 is 9.47 Å². The molecule has 0 atom stereocenters. The van der Waals surface area contributed by atoms with E-state index in [0.29, 0.717) is 11.5 Å². The summed E-state index contributed by atoms with van der Waals surface area (Å²) in [6.07, 6.45) is 3.47. The van der Waals surface area contributed by atoms with Gasteiger partial charge in [-0.15, -0.1) is 0 Å². The molecule has 1 aromatic carbocycles. The van der Waals surface area contributed by atoms with Crippen molar-refractivity contribution < 1.29 is 14.6 Å². The molecule has 0 aliphatic rings. The van der Waals surface area contributed by atoms with E-state index < -0.39 is 0 Å². The first-order valence-electron chi connectivity index (χ1n) is 4.41.